The molecule has 2 unspecified atom stereocenters. The fourth-order valence-electron chi connectivity index (χ4n) is 3.74. The van der Waals surface area contributed by atoms with Crippen molar-refractivity contribution in [2.75, 3.05) is 59.1 Å². The minimum Gasteiger partial charge on any atom is -0.379 e. The molecule has 3 rings (SSSR count). The van der Waals surface area contributed by atoms with E-state index in [1.54, 1.807) is 0 Å². The molecule has 2 atom stereocenters. The van der Waals surface area contributed by atoms with E-state index in [1.807, 2.05) is 0 Å². The molecule has 3 fully saturated rings. The highest BCUT2D eigenvalue weighted by Crippen LogP contribution is 2.18. The molecule has 0 aliphatic carbocycles. The molecule has 0 radical (unpaired) electrons. The van der Waals surface area contributed by atoms with Crippen LogP contribution in [0.2, 0.25) is 0 Å². The molecule has 0 spiro atoms. The molecular formula is C17H32N4O2. The van der Waals surface area contributed by atoms with Gasteiger partial charge in [-0.15, -0.1) is 0 Å². The van der Waals surface area contributed by atoms with Crippen molar-refractivity contribution >= 4 is 5.96 Å². The smallest absolute Gasteiger partial charge is 0.194 e. The van der Waals surface area contributed by atoms with Crippen molar-refractivity contribution in [1.82, 2.24) is 15.1 Å². The number of hydrogen-bond donors (Lipinski definition) is 1. The molecule has 0 aromatic carbocycles. The van der Waals surface area contributed by atoms with Crippen LogP contribution in [-0.2, 0) is 9.47 Å². The Balaban J connectivity index is 1.53. The van der Waals surface area contributed by atoms with Gasteiger partial charge in [0.15, 0.2) is 5.96 Å². The van der Waals surface area contributed by atoms with Crippen molar-refractivity contribution in [3.8, 4) is 0 Å². The maximum atomic E-state index is 5.81. The topological polar surface area (TPSA) is 49.3 Å². The van der Waals surface area contributed by atoms with Crippen molar-refractivity contribution < 1.29 is 9.47 Å². The molecule has 3 saturated heterocycles. The van der Waals surface area contributed by atoms with E-state index in [4.69, 9.17) is 14.5 Å². The Morgan fingerprint density at radius 1 is 1.13 bits per heavy atom. The Morgan fingerprint density at radius 2 is 2.00 bits per heavy atom. The number of likely N-dealkylation sites (tertiary alicyclic amines) is 1. The van der Waals surface area contributed by atoms with Crippen LogP contribution in [0.5, 0.6) is 0 Å². The van der Waals surface area contributed by atoms with Gasteiger partial charge in [0.05, 0.1) is 25.9 Å². The molecule has 1 N–H and O–H groups in total. The minimum atomic E-state index is 0.315. The zero-order chi connectivity index (χ0) is 15.9. The Labute approximate surface area is 140 Å². The van der Waals surface area contributed by atoms with E-state index in [0.717, 1.165) is 71.5 Å². The number of rotatable bonds is 4. The Bertz CT molecular complexity index is 379. The molecule has 0 saturated carbocycles. The molecule has 6 nitrogen and oxygen atoms in total. The summed E-state index contributed by atoms with van der Waals surface area (Å²) in [7, 11) is 0. The van der Waals surface area contributed by atoms with E-state index in [0.29, 0.717) is 12.1 Å². The molecule has 0 aromatic heterocycles. The van der Waals surface area contributed by atoms with Gasteiger partial charge in [0, 0.05) is 45.4 Å². The number of guanidine groups is 1. The van der Waals surface area contributed by atoms with Crippen LogP contribution in [0.3, 0.4) is 0 Å². The lowest BCUT2D eigenvalue weighted by atomic mass is 10.1. The largest absolute Gasteiger partial charge is 0.379 e. The summed E-state index contributed by atoms with van der Waals surface area (Å²) in [5, 5.41) is 3.46. The standard InChI is InChI=1S/C17H32N4O2/c1-2-18-17(19-13-16-5-3-4-10-23-16)21-7-6-15(14-21)20-8-11-22-12-9-20/h15-16H,2-14H2,1H3,(H,18,19). The van der Waals surface area contributed by atoms with Gasteiger partial charge in [-0.05, 0) is 32.6 Å². The Hall–Kier alpha value is -0.850. The third-order valence-electron chi connectivity index (χ3n) is 5.08. The number of ether oxygens (including phenoxy) is 2. The van der Waals surface area contributed by atoms with Crippen molar-refractivity contribution in [3.63, 3.8) is 0 Å². The second-order valence-corrected chi connectivity index (χ2v) is 6.72. The zero-order valence-electron chi connectivity index (χ0n) is 14.5. The molecule has 3 aliphatic heterocycles. The first-order chi connectivity index (χ1) is 11.4. The van der Waals surface area contributed by atoms with Gasteiger partial charge in [-0.3, -0.25) is 9.89 Å². The fraction of sp³-hybridized carbons (Fsp3) is 0.941. The van der Waals surface area contributed by atoms with Gasteiger partial charge < -0.3 is 19.7 Å². The fourth-order valence-corrected chi connectivity index (χ4v) is 3.74. The first kappa shape index (κ1) is 17.0. The lowest BCUT2D eigenvalue weighted by Crippen LogP contribution is -2.46. The van der Waals surface area contributed by atoms with Crippen molar-refractivity contribution in [1.29, 1.82) is 0 Å². The first-order valence-corrected chi connectivity index (χ1v) is 9.33. The second kappa shape index (κ2) is 8.85. The Morgan fingerprint density at radius 3 is 2.74 bits per heavy atom. The Kier molecular flexibility index (Phi) is 6.54. The molecule has 23 heavy (non-hydrogen) atoms. The third kappa shape index (κ3) is 4.81. The van der Waals surface area contributed by atoms with Crippen molar-refractivity contribution in [2.45, 2.75) is 44.8 Å². The summed E-state index contributed by atoms with van der Waals surface area (Å²) < 4.78 is 11.3. The average Bonchev–Trinajstić information content (AvgIpc) is 3.10. The van der Waals surface area contributed by atoms with E-state index >= 15 is 0 Å². The number of morpholine rings is 1. The summed E-state index contributed by atoms with van der Waals surface area (Å²) in [6, 6.07) is 0.647. The van der Waals surface area contributed by atoms with E-state index in [2.05, 4.69) is 22.0 Å². The van der Waals surface area contributed by atoms with Crippen LogP contribution >= 0.6 is 0 Å². The normalized spacial score (nSPS) is 30.7. The lowest BCUT2D eigenvalue weighted by molar-refractivity contribution is 0.0192. The van der Waals surface area contributed by atoms with Crippen LogP contribution in [0.25, 0.3) is 0 Å². The van der Waals surface area contributed by atoms with E-state index in [9.17, 15) is 0 Å². The minimum absolute atomic E-state index is 0.315. The first-order valence-electron chi connectivity index (χ1n) is 9.33. The molecule has 132 valence electrons. The van der Waals surface area contributed by atoms with Crippen LogP contribution in [0, 0.1) is 0 Å². The predicted octanol–water partition coefficient (Wildman–Crippen LogP) is 0.928. The summed E-state index contributed by atoms with van der Waals surface area (Å²) in [6.07, 6.45) is 5.17. The molecular weight excluding hydrogens is 292 g/mol. The maximum Gasteiger partial charge on any atom is 0.194 e. The number of hydrogen-bond acceptors (Lipinski definition) is 4. The number of nitrogens with one attached hydrogen (secondary N) is 1. The van der Waals surface area contributed by atoms with Gasteiger partial charge in [0.1, 0.15) is 0 Å². The van der Waals surface area contributed by atoms with E-state index in [-0.39, 0.29) is 0 Å². The van der Waals surface area contributed by atoms with Gasteiger partial charge >= 0.3 is 0 Å². The lowest BCUT2D eigenvalue weighted by Gasteiger charge is -2.32. The summed E-state index contributed by atoms with van der Waals surface area (Å²) in [5.41, 5.74) is 0. The van der Waals surface area contributed by atoms with Crippen LogP contribution in [-0.4, -0.2) is 87.0 Å². The number of aliphatic imine (C=N–C) groups is 1. The van der Waals surface area contributed by atoms with Gasteiger partial charge in [-0.25, -0.2) is 0 Å². The van der Waals surface area contributed by atoms with Crippen LogP contribution in [0.15, 0.2) is 4.99 Å². The summed E-state index contributed by atoms with van der Waals surface area (Å²) in [4.78, 5) is 9.87. The molecule has 3 heterocycles. The third-order valence-corrected chi connectivity index (χ3v) is 5.08. The quantitative estimate of drug-likeness (QED) is 0.616. The summed E-state index contributed by atoms with van der Waals surface area (Å²) in [5.74, 6) is 1.07. The monoisotopic (exact) mass is 324 g/mol. The molecule has 6 heteroatoms. The van der Waals surface area contributed by atoms with Crippen molar-refractivity contribution in [3.05, 3.63) is 0 Å². The van der Waals surface area contributed by atoms with Crippen LogP contribution in [0.1, 0.15) is 32.6 Å². The highest BCUT2D eigenvalue weighted by Gasteiger charge is 2.30. The highest BCUT2D eigenvalue weighted by molar-refractivity contribution is 5.80. The van der Waals surface area contributed by atoms with Crippen LogP contribution < -0.4 is 5.32 Å². The molecule has 3 aliphatic rings. The van der Waals surface area contributed by atoms with Gasteiger partial charge in [0.25, 0.3) is 0 Å². The van der Waals surface area contributed by atoms with Crippen LogP contribution in [0.4, 0.5) is 0 Å². The zero-order valence-corrected chi connectivity index (χ0v) is 14.5. The van der Waals surface area contributed by atoms with Crippen molar-refractivity contribution in [2.24, 2.45) is 4.99 Å². The summed E-state index contributed by atoms with van der Waals surface area (Å²) >= 11 is 0. The maximum absolute atomic E-state index is 5.81. The number of nitrogens with zero attached hydrogens (tertiary/aromatic N) is 3. The van der Waals surface area contributed by atoms with E-state index in [1.165, 1.54) is 19.3 Å². The predicted molar refractivity (Wildman–Crippen MR) is 91.9 cm³/mol. The van der Waals surface area contributed by atoms with Gasteiger partial charge in [0.2, 0.25) is 0 Å². The second-order valence-electron chi connectivity index (χ2n) is 6.72. The van der Waals surface area contributed by atoms with Gasteiger partial charge in [-0.2, -0.15) is 0 Å². The molecule has 0 bridgehead atoms. The molecule has 0 aromatic rings. The summed E-state index contributed by atoms with van der Waals surface area (Å²) in [6.45, 7) is 10.8. The highest BCUT2D eigenvalue weighted by atomic mass is 16.5. The molecule has 0 amide bonds. The van der Waals surface area contributed by atoms with Gasteiger partial charge in [-0.1, -0.05) is 0 Å². The SMILES string of the molecule is CCNC(=NCC1CCCCO1)N1CCC(N2CCOCC2)C1. The average molecular weight is 324 g/mol. The van der Waals surface area contributed by atoms with E-state index < -0.39 is 0 Å².